The molecule has 0 amide bonds. The first-order valence-electron chi connectivity index (χ1n) is 5.96. The van der Waals surface area contributed by atoms with Gasteiger partial charge in [0.15, 0.2) is 0 Å². The van der Waals surface area contributed by atoms with E-state index in [1.165, 1.54) is 24.3 Å². The predicted molar refractivity (Wildman–Crippen MR) is 73.4 cm³/mol. The second-order valence-electron chi connectivity index (χ2n) is 4.46. The smallest absolute Gasteiger partial charge is 0.279 e. The Balaban J connectivity index is 2.40. The van der Waals surface area contributed by atoms with Crippen molar-refractivity contribution in [3.05, 3.63) is 59.7 Å². The van der Waals surface area contributed by atoms with Crippen LogP contribution in [-0.2, 0) is 16.2 Å². The minimum absolute atomic E-state index is 0.0925. The van der Waals surface area contributed by atoms with Crippen LogP contribution in [0.5, 0.6) is 0 Å². The van der Waals surface area contributed by atoms with E-state index in [0.29, 0.717) is 0 Å². The van der Waals surface area contributed by atoms with Gasteiger partial charge in [-0.25, -0.2) is 8.42 Å². The molecule has 0 aliphatic rings. The molecule has 112 valence electrons. The molecule has 0 unspecified atom stereocenters. The molecule has 0 atom stereocenters. The molecule has 0 aromatic heterocycles. The van der Waals surface area contributed by atoms with E-state index in [4.69, 9.17) is 0 Å². The number of hydrogen-bond acceptors (Lipinski definition) is 2. The monoisotopic (exact) mass is 315 g/mol. The van der Waals surface area contributed by atoms with Crippen molar-refractivity contribution in [2.45, 2.75) is 18.0 Å². The highest BCUT2D eigenvalue weighted by molar-refractivity contribution is 7.92. The van der Waals surface area contributed by atoms with Crippen molar-refractivity contribution in [2.75, 3.05) is 4.72 Å². The van der Waals surface area contributed by atoms with Gasteiger partial charge in [-0.15, -0.1) is 0 Å². The molecule has 0 saturated heterocycles. The van der Waals surface area contributed by atoms with Crippen LogP contribution in [0.2, 0.25) is 0 Å². The van der Waals surface area contributed by atoms with Crippen molar-refractivity contribution in [1.82, 2.24) is 0 Å². The molecular weight excluding hydrogens is 303 g/mol. The maximum atomic E-state index is 12.8. The van der Waals surface area contributed by atoms with Crippen molar-refractivity contribution in [2.24, 2.45) is 0 Å². The molecule has 0 aliphatic heterocycles. The first-order chi connectivity index (χ1) is 9.70. The lowest BCUT2D eigenvalue weighted by molar-refractivity contribution is -0.136. The highest BCUT2D eigenvalue weighted by Gasteiger charge is 2.34. The molecule has 0 radical (unpaired) electrons. The molecule has 0 fully saturated rings. The fourth-order valence-corrected chi connectivity index (χ4v) is 2.82. The second kappa shape index (κ2) is 5.40. The van der Waals surface area contributed by atoms with Crippen LogP contribution in [0.4, 0.5) is 18.9 Å². The van der Waals surface area contributed by atoms with Gasteiger partial charge in [0.1, 0.15) is 0 Å². The van der Waals surface area contributed by atoms with Crippen molar-refractivity contribution in [3.8, 4) is 0 Å². The molecule has 1 N–H and O–H groups in total. The number of aryl methyl sites for hydroxylation is 1. The number of hydrogen-bond donors (Lipinski definition) is 1. The number of para-hydroxylation sites is 1. The Morgan fingerprint density at radius 1 is 0.952 bits per heavy atom. The third-order valence-corrected chi connectivity index (χ3v) is 4.19. The Labute approximate surface area is 120 Å². The summed E-state index contributed by atoms with van der Waals surface area (Å²) in [5, 5.41) is 0. The Hall–Kier alpha value is -2.02. The maximum Gasteiger partial charge on any atom is 0.418 e. The Morgan fingerprint density at radius 3 is 2.10 bits per heavy atom. The summed E-state index contributed by atoms with van der Waals surface area (Å²) < 4.78 is 64.7. The number of rotatable bonds is 3. The van der Waals surface area contributed by atoms with Crippen molar-refractivity contribution in [3.63, 3.8) is 0 Å². The van der Waals surface area contributed by atoms with E-state index in [2.05, 4.69) is 0 Å². The maximum absolute atomic E-state index is 12.8. The van der Waals surface area contributed by atoms with Crippen LogP contribution in [0.25, 0.3) is 0 Å². The van der Waals surface area contributed by atoms with Crippen molar-refractivity contribution in [1.29, 1.82) is 0 Å². The molecule has 21 heavy (non-hydrogen) atoms. The van der Waals surface area contributed by atoms with Gasteiger partial charge < -0.3 is 0 Å². The van der Waals surface area contributed by atoms with Crippen LogP contribution < -0.4 is 4.72 Å². The Morgan fingerprint density at radius 2 is 1.52 bits per heavy atom. The van der Waals surface area contributed by atoms with Gasteiger partial charge in [0.25, 0.3) is 10.0 Å². The Bertz CT molecular complexity index is 738. The molecule has 7 heteroatoms. The molecule has 2 aromatic rings. The van der Waals surface area contributed by atoms with Crippen LogP contribution in [0.1, 0.15) is 11.1 Å². The van der Waals surface area contributed by atoms with E-state index in [1.54, 1.807) is 19.1 Å². The first kappa shape index (κ1) is 15.4. The second-order valence-corrected chi connectivity index (χ2v) is 6.14. The molecule has 0 heterocycles. The fraction of sp³-hybridized carbons (Fsp3) is 0.143. The zero-order chi connectivity index (χ0) is 15.7. The zero-order valence-electron chi connectivity index (χ0n) is 11.0. The molecule has 2 aromatic carbocycles. The summed E-state index contributed by atoms with van der Waals surface area (Å²) in [6.45, 7) is 1.78. The van der Waals surface area contributed by atoms with Gasteiger partial charge >= 0.3 is 6.18 Å². The average Bonchev–Trinajstić information content (AvgIpc) is 2.38. The zero-order valence-corrected chi connectivity index (χ0v) is 11.8. The molecule has 2 rings (SSSR count). The van der Waals surface area contributed by atoms with Gasteiger partial charge in [-0.2, -0.15) is 13.2 Å². The van der Waals surface area contributed by atoms with E-state index in [1.807, 2.05) is 4.72 Å². The van der Waals surface area contributed by atoms with E-state index >= 15 is 0 Å². The van der Waals surface area contributed by atoms with Crippen LogP contribution in [-0.4, -0.2) is 8.42 Å². The lowest BCUT2D eigenvalue weighted by Gasteiger charge is -2.14. The van der Waals surface area contributed by atoms with Crippen molar-refractivity contribution < 1.29 is 21.6 Å². The molecule has 0 bridgehead atoms. The normalized spacial score (nSPS) is 12.2. The largest absolute Gasteiger partial charge is 0.418 e. The summed E-state index contributed by atoms with van der Waals surface area (Å²) in [7, 11) is -4.06. The summed E-state index contributed by atoms with van der Waals surface area (Å²) in [6.07, 6.45) is -4.63. The van der Waals surface area contributed by atoms with Gasteiger partial charge in [0, 0.05) is 0 Å². The standard InChI is InChI=1S/C14H12F3NO2S/c1-10-6-8-11(9-7-10)21(19,20)18-13-5-3-2-4-12(13)14(15,16)17/h2-9,18H,1H3. The Kier molecular flexibility index (Phi) is 3.95. The van der Waals surface area contributed by atoms with Crippen molar-refractivity contribution >= 4 is 15.7 Å². The molecule has 0 saturated carbocycles. The van der Waals surface area contributed by atoms with Gasteiger partial charge in [-0.05, 0) is 31.2 Å². The number of sulfonamides is 1. The topological polar surface area (TPSA) is 46.2 Å². The van der Waals surface area contributed by atoms with Gasteiger partial charge in [0.2, 0.25) is 0 Å². The molecular formula is C14H12F3NO2S. The van der Waals surface area contributed by atoms with Gasteiger partial charge in [-0.1, -0.05) is 29.8 Å². The average molecular weight is 315 g/mol. The molecule has 0 spiro atoms. The summed E-state index contributed by atoms with van der Waals surface area (Å²) in [5.74, 6) is 0. The number of benzene rings is 2. The fourth-order valence-electron chi connectivity index (χ4n) is 1.74. The van der Waals surface area contributed by atoms with E-state index in [0.717, 1.165) is 17.7 Å². The quantitative estimate of drug-likeness (QED) is 0.936. The van der Waals surface area contributed by atoms with E-state index in [9.17, 15) is 21.6 Å². The SMILES string of the molecule is Cc1ccc(S(=O)(=O)Nc2ccccc2C(F)(F)F)cc1. The van der Waals surface area contributed by atoms with Crippen LogP contribution >= 0.6 is 0 Å². The van der Waals surface area contributed by atoms with E-state index in [-0.39, 0.29) is 4.90 Å². The summed E-state index contributed by atoms with van der Waals surface area (Å²) >= 11 is 0. The minimum Gasteiger partial charge on any atom is -0.279 e. The van der Waals surface area contributed by atoms with Gasteiger partial charge in [0.05, 0.1) is 16.1 Å². The summed E-state index contributed by atoms with van der Waals surface area (Å²) in [5.41, 5.74) is -0.670. The number of nitrogens with one attached hydrogen (secondary N) is 1. The summed E-state index contributed by atoms with van der Waals surface area (Å²) in [6, 6.07) is 10.3. The highest BCUT2D eigenvalue weighted by atomic mass is 32.2. The highest BCUT2D eigenvalue weighted by Crippen LogP contribution is 2.35. The third kappa shape index (κ3) is 3.55. The number of halogens is 3. The third-order valence-electron chi connectivity index (χ3n) is 2.81. The number of alkyl halides is 3. The lowest BCUT2D eigenvalue weighted by Crippen LogP contribution is -2.17. The van der Waals surface area contributed by atoms with Crippen LogP contribution in [0, 0.1) is 6.92 Å². The minimum atomic E-state index is -4.63. The summed E-state index contributed by atoms with van der Waals surface area (Å²) in [4.78, 5) is -0.0925. The molecule has 0 aliphatic carbocycles. The number of anilines is 1. The molecule has 3 nitrogen and oxygen atoms in total. The van der Waals surface area contributed by atoms with E-state index < -0.39 is 27.5 Å². The van der Waals surface area contributed by atoms with Gasteiger partial charge in [-0.3, -0.25) is 4.72 Å². The predicted octanol–water partition coefficient (Wildman–Crippen LogP) is 3.81. The van der Waals surface area contributed by atoms with Crippen LogP contribution in [0.15, 0.2) is 53.4 Å². The first-order valence-corrected chi connectivity index (χ1v) is 7.44. The van der Waals surface area contributed by atoms with Crippen LogP contribution in [0.3, 0.4) is 0 Å². The lowest BCUT2D eigenvalue weighted by atomic mass is 10.2.